The van der Waals surface area contributed by atoms with Gasteiger partial charge >= 0.3 is 0 Å². The molecule has 0 aliphatic carbocycles. The molecule has 0 atom stereocenters. The molecule has 0 bridgehead atoms. The van der Waals surface area contributed by atoms with Crippen molar-refractivity contribution in [2.24, 2.45) is 0 Å². The first-order valence-electron chi connectivity index (χ1n) is 5.59. The van der Waals surface area contributed by atoms with Crippen molar-refractivity contribution in [3.63, 3.8) is 0 Å². The maximum absolute atomic E-state index is 6.42. The Morgan fingerprint density at radius 2 is 1.63 bits per heavy atom. The van der Waals surface area contributed by atoms with Crippen molar-refractivity contribution in [2.75, 3.05) is 5.88 Å². The summed E-state index contributed by atoms with van der Waals surface area (Å²) in [5.74, 6) is 0.273. The van der Waals surface area contributed by atoms with Gasteiger partial charge in [-0.15, -0.1) is 11.6 Å². The Morgan fingerprint density at radius 3 is 2.21 bits per heavy atom. The molecular weight excluding hydrogens is 322 g/mol. The Bertz CT molecular complexity index is 603. The zero-order chi connectivity index (χ0) is 13.8. The van der Waals surface area contributed by atoms with Crippen LogP contribution in [0.1, 0.15) is 11.1 Å². The summed E-state index contributed by atoms with van der Waals surface area (Å²) in [5.41, 5.74) is 2.50. The second-order valence-corrected chi connectivity index (χ2v) is 5.41. The Balaban J connectivity index is 2.55. The molecule has 4 heteroatoms. The van der Waals surface area contributed by atoms with Gasteiger partial charge in [-0.05, 0) is 28.8 Å². The summed E-state index contributed by atoms with van der Waals surface area (Å²) in [4.78, 5) is 0. The second kappa shape index (κ2) is 6.67. The van der Waals surface area contributed by atoms with E-state index in [1.165, 1.54) is 0 Å². The van der Waals surface area contributed by atoms with Crippen molar-refractivity contribution < 1.29 is 0 Å². The first kappa shape index (κ1) is 14.7. The number of alkyl halides is 1. The van der Waals surface area contributed by atoms with E-state index in [1.807, 2.05) is 36.4 Å². The topological polar surface area (TPSA) is 0 Å². The zero-order valence-corrected chi connectivity index (χ0v) is 12.9. The largest absolute Gasteiger partial charge is 0.121 e. The second-order valence-electron chi connectivity index (χ2n) is 3.92. The van der Waals surface area contributed by atoms with Gasteiger partial charge in [0, 0.05) is 15.9 Å². The van der Waals surface area contributed by atoms with E-state index in [0.717, 1.165) is 16.7 Å². The molecule has 0 aromatic heterocycles. The quantitative estimate of drug-likeness (QED) is 0.454. The predicted molar refractivity (Wildman–Crippen MR) is 86.3 cm³/mol. The zero-order valence-electron chi connectivity index (χ0n) is 9.84. The van der Waals surface area contributed by atoms with Crippen LogP contribution in [-0.4, -0.2) is 5.88 Å². The van der Waals surface area contributed by atoms with Crippen LogP contribution in [0.25, 0.3) is 10.6 Å². The lowest BCUT2D eigenvalue weighted by Gasteiger charge is -2.11. The Morgan fingerprint density at radius 1 is 0.947 bits per heavy atom. The summed E-state index contributed by atoms with van der Waals surface area (Å²) in [6.07, 6.45) is 0. The fraction of sp³-hybridized carbons (Fsp3) is 0.0667. The van der Waals surface area contributed by atoms with Crippen LogP contribution in [0, 0.1) is 0 Å². The van der Waals surface area contributed by atoms with Gasteiger partial charge in [-0.2, -0.15) is 0 Å². The minimum absolute atomic E-state index is 0.273. The van der Waals surface area contributed by atoms with Crippen LogP contribution in [0.15, 0.2) is 48.5 Å². The van der Waals surface area contributed by atoms with Gasteiger partial charge in [-0.1, -0.05) is 71.2 Å². The number of hydrogen-bond donors (Lipinski definition) is 0. The molecule has 0 nitrogen and oxygen atoms in total. The van der Waals surface area contributed by atoms with Crippen LogP contribution >= 0.6 is 46.4 Å². The highest BCUT2D eigenvalue weighted by molar-refractivity contribution is 6.54. The summed E-state index contributed by atoms with van der Waals surface area (Å²) >= 11 is 24.5. The van der Waals surface area contributed by atoms with Gasteiger partial charge in [0.2, 0.25) is 0 Å². The summed E-state index contributed by atoms with van der Waals surface area (Å²) in [6, 6.07) is 14.9. The smallest absolute Gasteiger partial charge is 0.0529 e. The normalized spacial score (nSPS) is 12.2. The lowest BCUT2D eigenvalue weighted by molar-refractivity contribution is 1.56. The third-order valence-corrected chi connectivity index (χ3v) is 3.94. The lowest BCUT2D eigenvalue weighted by Crippen LogP contribution is -1.91. The molecule has 0 N–H and O–H groups in total. The van der Waals surface area contributed by atoms with Gasteiger partial charge in [0.15, 0.2) is 0 Å². The molecule has 0 radical (unpaired) electrons. The molecule has 19 heavy (non-hydrogen) atoms. The van der Waals surface area contributed by atoms with Gasteiger partial charge in [0.25, 0.3) is 0 Å². The average molecular weight is 332 g/mol. The highest BCUT2D eigenvalue weighted by atomic mass is 35.5. The monoisotopic (exact) mass is 330 g/mol. The van der Waals surface area contributed by atoms with Crippen LogP contribution in [0.3, 0.4) is 0 Å². The van der Waals surface area contributed by atoms with Crippen molar-refractivity contribution in [1.29, 1.82) is 0 Å². The maximum Gasteiger partial charge on any atom is 0.0529 e. The van der Waals surface area contributed by atoms with E-state index in [1.54, 1.807) is 12.1 Å². The Hall–Kier alpha value is -0.660. The highest BCUT2D eigenvalue weighted by Crippen LogP contribution is 2.35. The van der Waals surface area contributed by atoms with E-state index < -0.39 is 0 Å². The van der Waals surface area contributed by atoms with E-state index >= 15 is 0 Å². The summed E-state index contributed by atoms with van der Waals surface area (Å²) in [5, 5.41) is 1.72. The minimum Gasteiger partial charge on any atom is -0.121 e. The molecule has 2 rings (SSSR count). The standard InChI is InChI=1S/C15H10Cl4/c16-9-13(12-7-6-11(17)8-14(12)18)15(19)10-4-2-1-3-5-10/h1-8H,9H2/b15-13+. The molecule has 0 unspecified atom stereocenters. The molecular formula is C15H10Cl4. The van der Waals surface area contributed by atoms with Gasteiger partial charge < -0.3 is 0 Å². The first-order valence-corrected chi connectivity index (χ1v) is 7.25. The van der Waals surface area contributed by atoms with Crippen LogP contribution in [-0.2, 0) is 0 Å². The van der Waals surface area contributed by atoms with E-state index in [4.69, 9.17) is 46.4 Å². The van der Waals surface area contributed by atoms with Gasteiger partial charge in [-0.3, -0.25) is 0 Å². The van der Waals surface area contributed by atoms with Crippen molar-refractivity contribution in [3.8, 4) is 0 Å². The third-order valence-electron chi connectivity index (χ3n) is 2.68. The van der Waals surface area contributed by atoms with E-state index in [0.29, 0.717) is 15.1 Å². The van der Waals surface area contributed by atoms with E-state index in [-0.39, 0.29) is 5.88 Å². The lowest BCUT2D eigenvalue weighted by atomic mass is 10.0. The number of rotatable bonds is 3. The summed E-state index contributed by atoms with van der Waals surface area (Å²) in [6.45, 7) is 0. The van der Waals surface area contributed by atoms with Crippen LogP contribution < -0.4 is 0 Å². The third kappa shape index (κ3) is 3.46. The summed E-state index contributed by atoms with van der Waals surface area (Å²) in [7, 11) is 0. The molecule has 0 fully saturated rings. The number of allylic oxidation sites excluding steroid dienone is 1. The van der Waals surface area contributed by atoms with Crippen LogP contribution in [0.2, 0.25) is 10.0 Å². The van der Waals surface area contributed by atoms with Crippen molar-refractivity contribution in [1.82, 2.24) is 0 Å². The Kier molecular flexibility index (Phi) is 5.18. The molecule has 2 aromatic rings. The Labute approximate surface area is 132 Å². The molecule has 0 amide bonds. The van der Waals surface area contributed by atoms with Crippen molar-refractivity contribution in [2.45, 2.75) is 0 Å². The molecule has 0 saturated carbocycles. The molecule has 0 heterocycles. The first-order chi connectivity index (χ1) is 9.13. The fourth-order valence-corrected chi connectivity index (χ4v) is 2.90. The van der Waals surface area contributed by atoms with Crippen molar-refractivity contribution in [3.05, 3.63) is 69.7 Å². The van der Waals surface area contributed by atoms with E-state index in [9.17, 15) is 0 Å². The molecule has 0 spiro atoms. The minimum atomic E-state index is 0.273. The SMILES string of the molecule is ClC/C(=C(\Cl)c1ccccc1)c1ccc(Cl)cc1Cl. The number of benzene rings is 2. The number of halogens is 4. The van der Waals surface area contributed by atoms with Gasteiger partial charge in [-0.25, -0.2) is 0 Å². The van der Waals surface area contributed by atoms with Crippen LogP contribution in [0.5, 0.6) is 0 Å². The highest BCUT2D eigenvalue weighted by Gasteiger charge is 2.12. The van der Waals surface area contributed by atoms with E-state index in [2.05, 4.69) is 0 Å². The van der Waals surface area contributed by atoms with Crippen LogP contribution in [0.4, 0.5) is 0 Å². The molecule has 2 aromatic carbocycles. The maximum atomic E-state index is 6.42. The van der Waals surface area contributed by atoms with Gasteiger partial charge in [0.1, 0.15) is 0 Å². The number of hydrogen-bond acceptors (Lipinski definition) is 0. The van der Waals surface area contributed by atoms with Gasteiger partial charge in [0.05, 0.1) is 5.03 Å². The fourth-order valence-electron chi connectivity index (χ4n) is 1.74. The van der Waals surface area contributed by atoms with Crippen molar-refractivity contribution >= 4 is 57.0 Å². The summed E-state index contributed by atoms with van der Waals surface area (Å²) < 4.78 is 0. The predicted octanol–water partition coefficient (Wildman–Crippen LogP) is 6.34. The molecule has 0 aliphatic heterocycles. The molecule has 0 saturated heterocycles. The molecule has 98 valence electrons. The molecule has 0 aliphatic rings. The average Bonchev–Trinajstić information content (AvgIpc) is 2.42.